The molecule has 4 N–H and O–H groups in total. The molecule has 9 nitrogen and oxygen atoms in total. The van der Waals surface area contributed by atoms with Crippen LogP contribution in [0.4, 0.5) is 0 Å². The number of rotatable bonds is 14. The summed E-state index contributed by atoms with van der Waals surface area (Å²) >= 11 is 0. The average molecular weight is 369 g/mol. The Kier molecular flexibility index (Phi) is 11.3. The van der Waals surface area contributed by atoms with Gasteiger partial charge in [-0.15, -0.1) is 0 Å². The molecular weight excluding hydrogens is 342 g/mol. The molecule has 0 fully saturated rings. The molecule has 0 aliphatic heterocycles. The van der Waals surface area contributed by atoms with E-state index in [-0.39, 0.29) is 35.8 Å². The number of carboxylic acid groups (broad SMARTS) is 2. The number of nitrogens with one attached hydrogen (secondary N) is 2. The lowest BCUT2D eigenvalue weighted by atomic mass is 10.2. The molecule has 0 spiro atoms. The highest BCUT2D eigenvalue weighted by Crippen LogP contribution is 1.98. The van der Waals surface area contributed by atoms with Gasteiger partial charge in [-0.2, -0.15) is 0 Å². The van der Waals surface area contributed by atoms with Crippen molar-refractivity contribution in [3.8, 4) is 0 Å². The molecule has 0 heterocycles. The monoisotopic (exact) mass is 369 g/mol. The second-order valence-corrected chi connectivity index (χ2v) is 5.88. The van der Waals surface area contributed by atoms with E-state index >= 15 is 0 Å². The maximum absolute atomic E-state index is 11.5. The molecule has 0 unspecified atom stereocenters. The Bertz CT molecular complexity index is 511. The Balaban J connectivity index is 3.70. The summed E-state index contributed by atoms with van der Waals surface area (Å²) < 4.78 is 0. The van der Waals surface area contributed by atoms with Gasteiger partial charge in [0.25, 0.3) is 0 Å². The van der Waals surface area contributed by atoms with Gasteiger partial charge in [-0.3, -0.25) is 9.59 Å². The van der Waals surface area contributed by atoms with E-state index < -0.39 is 11.9 Å². The van der Waals surface area contributed by atoms with Crippen LogP contribution in [0.3, 0.4) is 0 Å². The summed E-state index contributed by atoms with van der Waals surface area (Å²) in [6, 6.07) is 0. The lowest BCUT2D eigenvalue weighted by Gasteiger charge is -2.16. The molecule has 0 bridgehead atoms. The van der Waals surface area contributed by atoms with Crippen LogP contribution in [-0.2, 0) is 19.2 Å². The average Bonchev–Trinajstić information content (AvgIpc) is 2.55. The lowest BCUT2D eigenvalue weighted by Crippen LogP contribution is -2.31. The Morgan fingerprint density at radius 2 is 1.15 bits per heavy atom. The normalized spacial score (nSPS) is 10.2. The van der Waals surface area contributed by atoms with Crippen LogP contribution in [0.2, 0.25) is 0 Å². The smallest absolute Gasteiger partial charge is 0.331 e. The van der Waals surface area contributed by atoms with E-state index in [4.69, 9.17) is 10.2 Å². The van der Waals surface area contributed by atoms with Gasteiger partial charge in [0.15, 0.2) is 0 Å². The van der Waals surface area contributed by atoms with Crippen LogP contribution in [0.25, 0.3) is 0 Å². The summed E-state index contributed by atoms with van der Waals surface area (Å²) in [7, 11) is 1.90. The number of carbonyl (C=O) groups excluding carboxylic acids is 2. The van der Waals surface area contributed by atoms with Crippen molar-refractivity contribution in [2.75, 3.05) is 33.2 Å². The number of carbonyl (C=O) groups is 4. The van der Waals surface area contributed by atoms with Gasteiger partial charge < -0.3 is 25.7 Å². The van der Waals surface area contributed by atoms with Gasteiger partial charge in [-0.05, 0) is 33.0 Å². The minimum Gasteiger partial charge on any atom is -0.478 e. The fraction of sp³-hybridized carbons (Fsp3) is 0.529. The van der Waals surface area contributed by atoms with Gasteiger partial charge in [0, 0.05) is 24.2 Å². The topological polar surface area (TPSA) is 136 Å². The third-order valence-electron chi connectivity index (χ3n) is 3.43. The van der Waals surface area contributed by atoms with Crippen LogP contribution < -0.4 is 10.6 Å². The number of hydrogen-bond acceptors (Lipinski definition) is 5. The summed E-state index contributed by atoms with van der Waals surface area (Å²) in [6.07, 6.45) is 0.956. The first kappa shape index (κ1) is 23.3. The van der Waals surface area contributed by atoms with E-state index in [1.54, 1.807) is 0 Å². The summed E-state index contributed by atoms with van der Waals surface area (Å²) in [6.45, 7) is 8.91. The maximum atomic E-state index is 11.5. The Morgan fingerprint density at radius 3 is 1.46 bits per heavy atom. The van der Waals surface area contributed by atoms with Gasteiger partial charge in [-0.1, -0.05) is 13.2 Å². The number of nitrogens with zero attached hydrogens (tertiary/aromatic N) is 1. The maximum Gasteiger partial charge on any atom is 0.331 e. The van der Waals surface area contributed by atoms with Crippen molar-refractivity contribution in [2.45, 2.75) is 25.7 Å². The molecule has 0 saturated heterocycles. The highest BCUT2D eigenvalue weighted by Gasteiger charge is 2.10. The van der Waals surface area contributed by atoms with Crippen LogP contribution >= 0.6 is 0 Å². The molecule has 0 aromatic rings. The lowest BCUT2D eigenvalue weighted by molar-refractivity contribution is -0.134. The van der Waals surface area contributed by atoms with Crippen LogP contribution in [-0.4, -0.2) is 72.1 Å². The van der Waals surface area contributed by atoms with Crippen molar-refractivity contribution >= 4 is 23.8 Å². The van der Waals surface area contributed by atoms with Crippen molar-refractivity contribution in [1.29, 1.82) is 0 Å². The predicted octanol–water partition coefficient (Wildman–Crippen LogP) is -0.00740. The molecule has 0 atom stereocenters. The molecular formula is C17H27N3O6. The molecule has 0 aliphatic rings. The molecule has 146 valence electrons. The molecule has 0 saturated carbocycles. The first-order valence-electron chi connectivity index (χ1n) is 8.17. The zero-order valence-electron chi connectivity index (χ0n) is 15.0. The fourth-order valence-corrected chi connectivity index (χ4v) is 1.93. The van der Waals surface area contributed by atoms with Crippen molar-refractivity contribution in [3.63, 3.8) is 0 Å². The van der Waals surface area contributed by atoms with Gasteiger partial charge >= 0.3 is 11.9 Å². The molecule has 9 heteroatoms. The second kappa shape index (κ2) is 12.6. The second-order valence-electron chi connectivity index (χ2n) is 5.88. The van der Waals surface area contributed by atoms with Gasteiger partial charge in [0.05, 0.1) is 12.8 Å². The predicted molar refractivity (Wildman–Crippen MR) is 95.5 cm³/mol. The van der Waals surface area contributed by atoms with E-state index in [1.807, 2.05) is 11.9 Å². The van der Waals surface area contributed by atoms with Crippen LogP contribution in [0, 0.1) is 0 Å². The van der Waals surface area contributed by atoms with Gasteiger partial charge in [0.2, 0.25) is 11.8 Å². The molecule has 0 aromatic heterocycles. The van der Waals surface area contributed by atoms with Crippen molar-refractivity contribution in [1.82, 2.24) is 15.5 Å². The summed E-state index contributed by atoms with van der Waals surface area (Å²) in [5.74, 6) is -3.10. The number of carboxylic acids is 2. The number of amides is 2. The first-order chi connectivity index (χ1) is 12.1. The highest BCUT2D eigenvalue weighted by molar-refractivity contribution is 5.93. The zero-order chi connectivity index (χ0) is 20.1. The van der Waals surface area contributed by atoms with E-state index in [0.717, 1.165) is 13.1 Å². The number of aliphatic carboxylic acids is 2. The Morgan fingerprint density at radius 1 is 0.808 bits per heavy atom. The number of hydrogen-bond donors (Lipinski definition) is 4. The van der Waals surface area contributed by atoms with Gasteiger partial charge in [-0.25, -0.2) is 9.59 Å². The van der Waals surface area contributed by atoms with Crippen molar-refractivity contribution < 1.29 is 29.4 Å². The SMILES string of the molecule is C=C(CC(=O)NCCCN(C)CCCNC(=O)CC(=C)C(=O)O)C(=O)O. The van der Waals surface area contributed by atoms with Crippen LogP contribution in [0.1, 0.15) is 25.7 Å². The van der Waals surface area contributed by atoms with E-state index in [9.17, 15) is 19.2 Å². The third-order valence-corrected chi connectivity index (χ3v) is 3.43. The van der Waals surface area contributed by atoms with E-state index in [2.05, 4.69) is 23.8 Å². The zero-order valence-corrected chi connectivity index (χ0v) is 15.0. The fourth-order valence-electron chi connectivity index (χ4n) is 1.93. The molecule has 26 heavy (non-hydrogen) atoms. The largest absolute Gasteiger partial charge is 0.478 e. The Hall–Kier alpha value is -2.68. The van der Waals surface area contributed by atoms with Crippen LogP contribution in [0.5, 0.6) is 0 Å². The molecule has 0 aromatic carbocycles. The quantitative estimate of drug-likeness (QED) is 0.250. The molecule has 0 radical (unpaired) electrons. The van der Waals surface area contributed by atoms with Crippen LogP contribution in [0.15, 0.2) is 24.3 Å². The van der Waals surface area contributed by atoms with Crippen molar-refractivity contribution in [3.05, 3.63) is 24.3 Å². The first-order valence-corrected chi connectivity index (χ1v) is 8.17. The summed E-state index contributed by atoms with van der Waals surface area (Å²) in [4.78, 5) is 46.1. The van der Waals surface area contributed by atoms with E-state index in [1.165, 1.54) is 0 Å². The van der Waals surface area contributed by atoms with Crippen molar-refractivity contribution in [2.24, 2.45) is 0 Å². The minimum atomic E-state index is -1.18. The summed E-state index contributed by atoms with van der Waals surface area (Å²) in [5.41, 5.74) is -0.290. The van der Waals surface area contributed by atoms with E-state index in [0.29, 0.717) is 25.9 Å². The summed E-state index contributed by atoms with van der Waals surface area (Å²) in [5, 5.41) is 22.5. The minimum absolute atomic E-state index is 0.145. The molecule has 0 aliphatic carbocycles. The Labute approximate surface area is 152 Å². The molecule has 2 amide bonds. The molecule has 0 rings (SSSR count). The standard InChI is InChI=1S/C17H27N3O6/c1-12(16(23)24)10-14(21)18-6-4-8-20(3)9-5-7-19-15(22)11-13(2)17(25)26/h1-2,4-11H2,3H3,(H,18,21)(H,19,22)(H,23,24)(H,25,26). The third kappa shape index (κ3) is 11.8. The highest BCUT2D eigenvalue weighted by atomic mass is 16.4. The van der Waals surface area contributed by atoms with Gasteiger partial charge in [0.1, 0.15) is 0 Å².